The van der Waals surface area contributed by atoms with Crippen molar-refractivity contribution in [3.63, 3.8) is 0 Å². The second-order valence-corrected chi connectivity index (χ2v) is 6.69. The molecule has 19 heavy (non-hydrogen) atoms. The predicted molar refractivity (Wildman–Crippen MR) is 77.9 cm³/mol. The SMILES string of the molecule is CSc1nnc(SCC(=O)c2ccc(C#N)cc2)s1. The van der Waals surface area contributed by atoms with Gasteiger partial charge in [-0.1, -0.05) is 47.0 Å². The summed E-state index contributed by atoms with van der Waals surface area (Å²) in [6.45, 7) is 0. The number of nitrogens with zero attached hydrogens (tertiary/aromatic N) is 3. The Kier molecular flexibility index (Phi) is 4.96. The van der Waals surface area contributed by atoms with Crippen molar-refractivity contribution in [1.29, 1.82) is 5.26 Å². The third kappa shape index (κ3) is 3.80. The Hall–Kier alpha value is -1.36. The fraction of sp³-hybridized carbons (Fsp3) is 0.167. The molecule has 1 aromatic carbocycles. The largest absolute Gasteiger partial charge is 0.293 e. The van der Waals surface area contributed by atoms with Crippen molar-refractivity contribution in [1.82, 2.24) is 10.2 Å². The van der Waals surface area contributed by atoms with Gasteiger partial charge in [0, 0.05) is 5.56 Å². The van der Waals surface area contributed by atoms with Crippen LogP contribution >= 0.6 is 34.9 Å². The van der Waals surface area contributed by atoms with Gasteiger partial charge in [-0.25, -0.2) is 0 Å². The molecule has 2 aromatic rings. The number of hydrogen-bond acceptors (Lipinski definition) is 7. The molecule has 0 unspecified atom stereocenters. The zero-order valence-corrected chi connectivity index (χ0v) is 12.4. The summed E-state index contributed by atoms with van der Waals surface area (Å²) in [5, 5.41) is 16.7. The van der Waals surface area contributed by atoms with Gasteiger partial charge in [0.1, 0.15) is 0 Å². The number of aromatic nitrogens is 2. The van der Waals surface area contributed by atoms with Crippen molar-refractivity contribution in [3.8, 4) is 6.07 Å². The zero-order chi connectivity index (χ0) is 13.7. The molecule has 2 rings (SSSR count). The van der Waals surface area contributed by atoms with E-state index in [2.05, 4.69) is 10.2 Å². The lowest BCUT2D eigenvalue weighted by molar-refractivity contribution is 0.102. The molecule has 0 aliphatic carbocycles. The van der Waals surface area contributed by atoms with Crippen LogP contribution in [0.2, 0.25) is 0 Å². The summed E-state index contributed by atoms with van der Waals surface area (Å²) >= 11 is 4.41. The number of carbonyl (C=O) groups excluding carboxylic acids is 1. The molecule has 0 bridgehead atoms. The highest BCUT2D eigenvalue weighted by Gasteiger charge is 2.09. The van der Waals surface area contributed by atoms with Gasteiger partial charge in [-0.3, -0.25) is 4.79 Å². The monoisotopic (exact) mass is 307 g/mol. The summed E-state index contributed by atoms with van der Waals surface area (Å²) in [6, 6.07) is 8.67. The topological polar surface area (TPSA) is 66.6 Å². The van der Waals surface area contributed by atoms with Crippen LogP contribution in [0.25, 0.3) is 0 Å². The Balaban J connectivity index is 1.95. The maximum atomic E-state index is 11.9. The van der Waals surface area contributed by atoms with Gasteiger partial charge in [0.2, 0.25) is 0 Å². The van der Waals surface area contributed by atoms with Gasteiger partial charge in [-0.2, -0.15) is 5.26 Å². The van der Waals surface area contributed by atoms with E-state index in [1.54, 1.807) is 36.0 Å². The van der Waals surface area contributed by atoms with Gasteiger partial charge >= 0.3 is 0 Å². The quantitative estimate of drug-likeness (QED) is 0.624. The first-order valence-corrected chi connectivity index (χ1v) is 8.29. The highest BCUT2D eigenvalue weighted by Crippen LogP contribution is 2.27. The van der Waals surface area contributed by atoms with Crippen molar-refractivity contribution in [2.45, 2.75) is 8.68 Å². The zero-order valence-electron chi connectivity index (χ0n) is 9.99. The van der Waals surface area contributed by atoms with E-state index < -0.39 is 0 Å². The number of rotatable bonds is 5. The molecule has 0 aliphatic heterocycles. The Labute approximate surface area is 123 Å². The normalized spacial score (nSPS) is 10.1. The molecular weight excluding hydrogens is 298 g/mol. The summed E-state index contributed by atoms with van der Waals surface area (Å²) in [6.07, 6.45) is 1.94. The summed E-state index contributed by atoms with van der Waals surface area (Å²) in [5.41, 5.74) is 1.17. The van der Waals surface area contributed by atoms with Crippen LogP contribution in [0.4, 0.5) is 0 Å². The fourth-order valence-electron chi connectivity index (χ4n) is 1.28. The molecule has 0 aliphatic rings. The van der Waals surface area contributed by atoms with Crippen molar-refractivity contribution in [3.05, 3.63) is 35.4 Å². The molecule has 96 valence electrons. The standard InChI is InChI=1S/C12H9N3OS3/c1-17-11-14-15-12(19-11)18-7-10(16)9-4-2-8(6-13)3-5-9/h2-5H,7H2,1H3. The minimum atomic E-state index is 0.0235. The molecule has 0 amide bonds. The molecule has 0 saturated carbocycles. The van der Waals surface area contributed by atoms with Gasteiger partial charge < -0.3 is 0 Å². The van der Waals surface area contributed by atoms with E-state index in [1.807, 2.05) is 12.3 Å². The van der Waals surface area contributed by atoms with Crippen LogP contribution in [0, 0.1) is 11.3 Å². The van der Waals surface area contributed by atoms with E-state index in [-0.39, 0.29) is 5.78 Å². The highest BCUT2D eigenvalue weighted by atomic mass is 32.2. The molecule has 0 N–H and O–H groups in total. The van der Waals surface area contributed by atoms with Crippen LogP contribution in [0.5, 0.6) is 0 Å². The second-order valence-electron chi connectivity index (χ2n) is 3.44. The van der Waals surface area contributed by atoms with E-state index in [1.165, 1.54) is 23.1 Å². The maximum absolute atomic E-state index is 11.9. The van der Waals surface area contributed by atoms with Crippen molar-refractivity contribution in [2.24, 2.45) is 0 Å². The molecule has 1 aromatic heterocycles. The second kappa shape index (κ2) is 6.70. The molecule has 0 saturated heterocycles. The van der Waals surface area contributed by atoms with Crippen LogP contribution < -0.4 is 0 Å². The molecule has 0 fully saturated rings. The summed E-state index contributed by atoms with van der Waals surface area (Å²) < 4.78 is 1.69. The number of carbonyl (C=O) groups is 1. The number of thioether (sulfide) groups is 2. The Bertz CT molecular complexity index is 616. The molecule has 7 heteroatoms. The van der Waals surface area contributed by atoms with Gasteiger partial charge in [0.25, 0.3) is 0 Å². The molecule has 4 nitrogen and oxygen atoms in total. The third-order valence-electron chi connectivity index (χ3n) is 2.23. The third-order valence-corrected chi connectivity index (χ3v) is 5.26. The minimum Gasteiger partial charge on any atom is -0.293 e. The van der Waals surface area contributed by atoms with E-state index >= 15 is 0 Å². The van der Waals surface area contributed by atoms with Crippen LogP contribution in [0.15, 0.2) is 32.9 Å². The first-order chi connectivity index (χ1) is 9.22. The average molecular weight is 307 g/mol. The highest BCUT2D eigenvalue weighted by molar-refractivity contribution is 8.03. The van der Waals surface area contributed by atoms with Gasteiger partial charge in [-0.15, -0.1) is 10.2 Å². The summed E-state index contributed by atoms with van der Waals surface area (Å²) in [5.74, 6) is 0.352. The number of benzene rings is 1. The molecule has 1 heterocycles. The van der Waals surface area contributed by atoms with Crippen molar-refractivity contribution < 1.29 is 4.79 Å². The minimum absolute atomic E-state index is 0.0235. The van der Waals surface area contributed by atoms with Crippen molar-refractivity contribution >= 4 is 40.6 Å². The Morgan fingerprint density at radius 1 is 1.32 bits per heavy atom. The lowest BCUT2D eigenvalue weighted by atomic mass is 10.1. The number of ketones is 1. The van der Waals surface area contributed by atoms with E-state index in [4.69, 9.17) is 5.26 Å². The van der Waals surface area contributed by atoms with Crippen LogP contribution in [0.1, 0.15) is 15.9 Å². The van der Waals surface area contributed by atoms with Crippen molar-refractivity contribution in [2.75, 3.05) is 12.0 Å². The van der Waals surface area contributed by atoms with Gasteiger partial charge in [-0.05, 0) is 18.4 Å². The lowest BCUT2D eigenvalue weighted by Gasteiger charge is -1.98. The predicted octanol–water partition coefficient (Wildman–Crippen LogP) is 3.11. The van der Waals surface area contributed by atoms with E-state index in [0.717, 1.165) is 8.68 Å². The van der Waals surface area contributed by atoms with E-state index in [9.17, 15) is 4.79 Å². The summed E-state index contributed by atoms with van der Waals surface area (Å²) in [7, 11) is 0. The van der Waals surface area contributed by atoms with E-state index in [0.29, 0.717) is 16.9 Å². The number of nitriles is 1. The summed E-state index contributed by atoms with van der Waals surface area (Å²) in [4.78, 5) is 11.9. The molecule has 0 spiro atoms. The fourth-order valence-corrected chi connectivity index (χ4v) is 3.61. The molecule has 0 atom stereocenters. The first kappa shape index (κ1) is 14.1. The van der Waals surface area contributed by atoms with Gasteiger partial charge in [0.15, 0.2) is 14.5 Å². The van der Waals surface area contributed by atoms with Crippen LogP contribution in [-0.2, 0) is 0 Å². The maximum Gasteiger partial charge on any atom is 0.175 e. The van der Waals surface area contributed by atoms with Crippen LogP contribution in [0.3, 0.4) is 0 Å². The molecule has 0 radical (unpaired) electrons. The lowest BCUT2D eigenvalue weighted by Crippen LogP contribution is -2.01. The molecular formula is C12H9N3OS3. The Morgan fingerprint density at radius 3 is 2.58 bits per heavy atom. The van der Waals surface area contributed by atoms with Gasteiger partial charge in [0.05, 0.1) is 17.4 Å². The first-order valence-electron chi connectivity index (χ1n) is 5.26. The Morgan fingerprint density at radius 2 is 2.00 bits per heavy atom. The number of hydrogen-bond donors (Lipinski definition) is 0. The average Bonchev–Trinajstić information content (AvgIpc) is 2.93. The van der Waals surface area contributed by atoms with Crippen LogP contribution in [-0.4, -0.2) is 28.0 Å². The smallest absolute Gasteiger partial charge is 0.175 e. The number of Topliss-reactive ketones (excluding diaryl/α,β-unsaturated/α-hetero) is 1.